The number of rotatable bonds is 2. The highest BCUT2D eigenvalue weighted by molar-refractivity contribution is 5.95. The lowest BCUT2D eigenvalue weighted by Gasteiger charge is -2.15. The maximum absolute atomic E-state index is 12.3. The molecule has 18 heavy (non-hydrogen) atoms. The number of amides is 1. The molecule has 1 aromatic carbocycles. The van der Waals surface area contributed by atoms with E-state index in [9.17, 15) is 9.59 Å². The second-order valence-electron chi connectivity index (χ2n) is 4.04. The maximum Gasteiger partial charge on any atom is 0.364 e. The molecule has 6 nitrogen and oxygen atoms in total. The van der Waals surface area contributed by atoms with Gasteiger partial charge >= 0.3 is 11.7 Å². The molecular weight excluding hydrogens is 232 g/mol. The van der Waals surface area contributed by atoms with Gasteiger partial charge in [-0.2, -0.15) is 9.67 Å². The second-order valence-corrected chi connectivity index (χ2v) is 4.04. The van der Waals surface area contributed by atoms with Crippen LogP contribution in [0.15, 0.2) is 35.1 Å². The van der Waals surface area contributed by atoms with Crippen molar-refractivity contribution in [2.75, 3.05) is 4.90 Å². The van der Waals surface area contributed by atoms with E-state index in [-0.39, 0.29) is 11.7 Å². The Kier molecular flexibility index (Phi) is 2.29. The van der Waals surface area contributed by atoms with Crippen LogP contribution in [-0.4, -0.2) is 20.4 Å². The van der Waals surface area contributed by atoms with Crippen LogP contribution in [0, 0.1) is 0 Å². The summed E-state index contributed by atoms with van der Waals surface area (Å²) in [5, 5.41) is 0. The molecule has 2 heterocycles. The zero-order valence-corrected chi connectivity index (χ0v) is 9.91. The Morgan fingerprint density at radius 2 is 1.94 bits per heavy atom. The Morgan fingerprint density at radius 1 is 1.22 bits per heavy atom. The molecule has 0 unspecified atom stereocenters. The standard InChI is InChI=1S/C12H12N4O2/c1-2-15-11(17)13-10-8-14(12(18)16(10)15)9-6-4-3-5-7-9/h3-7H,2,8H2,1H3. The molecule has 0 bridgehead atoms. The average Bonchev–Trinajstić information content (AvgIpc) is 2.87. The monoisotopic (exact) mass is 244 g/mol. The lowest BCUT2D eigenvalue weighted by molar-refractivity contribution is 0.244. The number of hydrogen-bond donors (Lipinski definition) is 0. The van der Waals surface area contributed by atoms with E-state index in [1.807, 2.05) is 37.3 Å². The minimum Gasteiger partial charge on any atom is -0.285 e. The summed E-state index contributed by atoms with van der Waals surface area (Å²) in [6, 6.07) is 9.13. The number of carbonyl (C=O) groups is 1. The summed E-state index contributed by atoms with van der Waals surface area (Å²) >= 11 is 0. The first-order chi connectivity index (χ1) is 8.72. The topological polar surface area (TPSA) is 60.1 Å². The average molecular weight is 244 g/mol. The van der Waals surface area contributed by atoms with Crippen molar-refractivity contribution in [3.63, 3.8) is 0 Å². The Hall–Kier alpha value is -2.37. The smallest absolute Gasteiger partial charge is 0.285 e. The minimum absolute atomic E-state index is 0.229. The van der Waals surface area contributed by atoms with Crippen LogP contribution >= 0.6 is 0 Å². The van der Waals surface area contributed by atoms with E-state index in [4.69, 9.17) is 0 Å². The number of fused-ring (bicyclic) bond motifs is 1. The third-order valence-corrected chi connectivity index (χ3v) is 3.01. The number of carbonyl (C=O) groups excluding carboxylic acids is 1. The van der Waals surface area contributed by atoms with E-state index in [1.54, 1.807) is 4.90 Å². The van der Waals surface area contributed by atoms with Crippen molar-refractivity contribution in [3.05, 3.63) is 46.6 Å². The fraction of sp³-hybridized carbons (Fsp3) is 0.250. The van der Waals surface area contributed by atoms with E-state index >= 15 is 0 Å². The van der Waals surface area contributed by atoms with E-state index < -0.39 is 0 Å². The number of benzene rings is 1. The van der Waals surface area contributed by atoms with Crippen LogP contribution in [0.5, 0.6) is 0 Å². The number of nitrogens with zero attached hydrogens (tertiary/aromatic N) is 4. The van der Waals surface area contributed by atoms with Crippen molar-refractivity contribution >= 4 is 11.7 Å². The molecule has 0 spiro atoms. The molecule has 1 amide bonds. The van der Waals surface area contributed by atoms with Gasteiger partial charge in [-0.05, 0) is 19.1 Å². The SMILES string of the molecule is CCn1c(=O)nc2n1C(=O)N(c1ccccc1)C2. The summed E-state index contributed by atoms with van der Waals surface area (Å²) < 4.78 is 2.70. The molecule has 6 heteroatoms. The second kappa shape index (κ2) is 3.83. The zero-order valence-electron chi connectivity index (χ0n) is 9.91. The van der Waals surface area contributed by atoms with Gasteiger partial charge in [-0.15, -0.1) is 0 Å². The summed E-state index contributed by atoms with van der Waals surface area (Å²) in [6.07, 6.45) is 0. The lowest BCUT2D eigenvalue weighted by atomic mass is 10.3. The van der Waals surface area contributed by atoms with Gasteiger partial charge in [-0.25, -0.2) is 14.3 Å². The third-order valence-electron chi connectivity index (χ3n) is 3.01. The van der Waals surface area contributed by atoms with Crippen molar-refractivity contribution in [3.8, 4) is 0 Å². The molecule has 1 aromatic heterocycles. The first kappa shape index (κ1) is 10.8. The van der Waals surface area contributed by atoms with Gasteiger partial charge in [0.15, 0.2) is 5.82 Å². The number of aromatic nitrogens is 3. The van der Waals surface area contributed by atoms with Crippen LogP contribution < -0.4 is 10.6 Å². The van der Waals surface area contributed by atoms with Gasteiger partial charge in [-0.3, -0.25) is 4.90 Å². The highest BCUT2D eigenvalue weighted by Gasteiger charge is 2.32. The van der Waals surface area contributed by atoms with E-state index in [1.165, 1.54) is 9.36 Å². The maximum atomic E-state index is 12.3. The molecule has 1 aliphatic rings. The Labute approximate surface area is 103 Å². The van der Waals surface area contributed by atoms with Gasteiger partial charge in [0.1, 0.15) is 0 Å². The molecule has 0 aliphatic carbocycles. The minimum atomic E-state index is -0.367. The summed E-state index contributed by atoms with van der Waals surface area (Å²) in [5.74, 6) is 0.496. The first-order valence-electron chi connectivity index (χ1n) is 5.78. The van der Waals surface area contributed by atoms with Gasteiger partial charge in [0.05, 0.1) is 6.54 Å². The molecule has 92 valence electrons. The van der Waals surface area contributed by atoms with Gasteiger partial charge in [0.2, 0.25) is 0 Å². The lowest BCUT2D eigenvalue weighted by Crippen LogP contribution is -2.33. The number of anilines is 1. The summed E-state index contributed by atoms with van der Waals surface area (Å²) in [4.78, 5) is 29.3. The fourth-order valence-corrected chi connectivity index (χ4v) is 2.17. The van der Waals surface area contributed by atoms with E-state index in [0.29, 0.717) is 18.9 Å². The zero-order chi connectivity index (χ0) is 12.7. The molecule has 3 rings (SSSR count). The van der Waals surface area contributed by atoms with Crippen molar-refractivity contribution in [2.24, 2.45) is 0 Å². The van der Waals surface area contributed by atoms with Crippen molar-refractivity contribution < 1.29 is 4.79 Å². The van der Waals surface area contributed by atoms with Crippen LogP contribution in [-0.2, 0) is 13.1 Å². The molecular formula is C12H12N4O2. The Balaban J connectivity index is 2.05. The van der Waals surface area contributed by atoms with Crippen LogP contribution in [0.1, 0.15) is 12.7 Å². The molecule has 0 saturated carbocycles. The fourth-order valence-electron chi connectivity index (χ4n) is 2.17. The van der Waals surface area contributed by atoms with Crippen molar-refractivity contribution in [1.82, 2.24) is 14.3 Å². The number of hydrogen-bond acceptors (Lipinski definition) is 3. The van der Waals surface area contributed by atoms with Gasteiger partial charge in [-0.1, -0.05) is 18.2 Å². The Morgan fingerprint density at radius 3 is 2.61 bits per heavy atom. The quantitative estimate of drug-likeness (QED) is 0.793. The summed E-state index contributed by atoms with van der Waals surface area (Å²) in [7, 11) is 0. The predicted octanol–water partition coefficient (Wildman–Crippen LogP) is 1.05. The third kappa shape index (κ3) is 1.38. The molecule has 0 atom stereocenters. The highest BCUT2D eigenvalue weighted by Crippen LogP contribution is 2.22. The molecule has 0 radical (unpaired) electrons. The van der Waals surface area contributed by atoms with Crippen LogP contribution in [0.4, 0.5) is 10.5 Å². The molecule has 1 aliphatic heterocycles. The molecule has 0 saturated heterocycles. The molecule has 0 fully saturated rings. The van der Waals surface area contributed by atoms with Crippen LogP contribution in [0.3, 0.4) is 0 Å². The van der Waals surface area contributed by atoms with Crippen molar-refractivity contribution in [2.45, 2.75) is 20.0 Å². The Bertz CT molecular complexity index is 656. The van der Waals surface area contributed by atoms with E-state index in [2.05, 4.69) is 4.98 Å². The summed E-state index contributed by atoms with van der Waals surface area (Å²) in [5.41, 5.74) is 0.441. The summed E-state index contributed by atoms with van der Waals surface area (Å²) in [6.45, 7) is 2.58. The van der Waals surface area contributed by atoms with Crippen molar-refractivity contribution in [1.29, 1.82) is 0 Å². The highest BCUT2D eigenvalue weighted by atomic mass is 16.2. The van der Waals surface area contributed by atoms with Gasteiger partial charge < -0.3 is 0 Å². The molecule has 0 N–H and O–H groups in total. The van der Waals surface area contributed by atoms with Gasteiger partial charge in [0.25, 0.3) is 0 Å². The predicted molar refractivity (Wildman–Crippen MR) is 65.6 cm³/mol. The van der Waals surface area contributed by atoms with Crippen LogP contribution in [0.2, 0.25) is 0 Å². The first-order valence-corrected chi connectivity index (χ1v) is 5.78. The number of para-hydroxylation sites is 1. The van der Waals surface area contributed by atoms with Crippen LogP contribution in [0.25, 0.3) is 0 Å². The molecule has 2 aromatic rings. The van der Waals surface area contributed by atoms with E-state index in [0.717, 1.165) is 5.69 Å². The normalized spacial score (nSPS) is 14.1. The largest absolute Gasteiger partial charge is 0.364 e. The van der Waals surface area contributed by atoms with Gasteiger partial charge in [0, 0.05) is 12.2 Å².